The normalized spacial score (nSPS) is 10.5. The van der Waals surface area contributed by atoms with E-state index in [1.54, 1.807) is 6.33 Å². The molecule has 0 aliphatic carbocycles. The summed E-state index contributed by atoms with van der Waals surface area (Å²) in [5.74, 6) is 0.615. The van der Waals surface area contributed by atoms with Crippen LogP contribution in [0.4, 0.5) is 10.8 Å². The van der Waals surface area contributed by atoms with E-state index in [-0.39, 0.29) is 0 Å². The number of nitrogens with zero attached hydrogens (tertiary/aromatic N) is 2. The Morgan fingerprint density at radius 3 is 3.07 bits per heavy atom. The number of aromatic amines is 1. The summed E-state index contributed by atoms with van der Waals surface area (Å²) in [7, 11) is 0. The van der Waals surface area contributed by atoms with Crippen LogP contribution in [-0.2, 0) is 6.42 Å². The predicted molar refractivity (Wildman–Crippen MR) is 62.0 cm³/mol. The number of hydrogen-bond donors (Lipinski definition) is 3. The highest BCUT2D eigenvalue weighted by molar-refractivity contribution is 7.10. The molecule has 0 radical (unpaired) electrons. The molecule has 0 aliphatic rings. The second kappa shape index (κ2) is 4.31. The highest BCUT2D eigenvalue weighted by Gasteiger charge is 2.05. The fourth-order valence-corrected chi connectivity index (χ4v) is 1.98. The third kappa shape index (κ3) is 2.27. The lowest BCUT2D eigenvalue weighted by Gasteiger charge is -2.02. The van der Waals surface area contributed by atoms with Crippen molar-refractivity contribution in [1.82, 2.24) is 14.3 Å². The van der Waals surface area contributed by atoms with E-state index in [0.717, 1.165) is 29.2 Å². The molecule has 0 aromatic carbocycles. The molecule has 0 amide bonds. The third-order valence-electron chi connectivity index (χ3n) is 2.19. The van der Waals surface area contributed by atoms with Gasteiger partial charge in [-0.1, -0.05) is 0 Å². The van der Waals surface area contributed by atoms with Gasteiger partial charge in [0.15, 0.2) is 0 Å². The molecule has 0 unspecified atom stereocenters. The van der Waals surface area contributed by atoms with Crippen LogP contribution in [0.5, 0.6) is 0 Å². The summed E-state index contributed by atoms with van der Waals surface area (Å²) < 4.78 is 4.07. The van der Waals surface area contributed by atoms with Crippen molar-refractivity contribution >= 4 is 22.4 Å². The van der Waals surface area contributed by atoms with Gasteiger partial charge in [0.1, 0.15) is 10.8 Å². The highest BCUT2D eigenvalue weighted by atomic mass is 32.1. The fourth-order valence-electron chi connectivity index (χ4n) is 1.25. The Labute approximate surface area is 91.9 Å². The Kier molecular flexibility index (Phi) is 2.86. The van der Waals surface area contributed by atoms with Crippen LogP contribution in [-0.4, -0.2) is 20.9 Å². The molecule has 0 saturated carbocycles. The molecule has 2 rings (SSSR count). The van der Waals surface area contributed by atoms with Gasteiger partial charge in [0.2, 0.25) is 0 Å². The number of H-pyrrole nitrogens is 1. The van der Waals surface area contributed by atoms with Crippen molar-refractivity contribution in [1.29, 1.82) is 0 Å². The van der Waals surface area contributed by atoms with Gasteiger partial charge < -0.3 is 16.0 Å². The molecule has 15 heavy (non-hydrogen) atoms. The molecule has 5 nitrogen and oxygen atoms in total. The molecule has 2 heterocycles. The van der Waals surface area contributed by atoms with Gasteiger partial charge in [-0.25, -0.2) is 4.98 Å². The molecule has 0 fully saturated rings. The molecule has 4 N–H and O–H groups in total. The first-order valence-electron chi connectivity index (χ1n) is 4.70. The molecular weight excluding hydrogens is 210 g/mol. The minimum Gasteiger partial charge on any atom is -0.383 e. The van der Waals surface area contributed by atoms with Crippen LogP contribution < -0.4 is 11.1 Å². The van der Waals surface area contributed by atoms with Gasteiger partial charge in [-0.2, -0.15) is 4.37 Å². The molecule has 2 aromatic rings. The van der Waals surface area contributed by atoms with Crippen LogP contribution in [0, 0.1) is 6.92 Å². The molecule has 2 aromatic heterocycles. The van der Waals surface area contributed by atoms with Gasteiger partial charge in [0.05, 0.1) is 6.33 Å². The minimum absolute atomic E-state index is 0.615. The summed E-state index contributed by atoms with van der Waals surface area (Å²) >= 11 is 1.40. The van der Waals surface area contributed by atoms with E-state index in [0.29, 0.717) is 5.82 Å². The van der Waals surface area contributed by atoms with Crippen molar-refractivity contribution in [2.75, 3.05) is 17.6 Å². The van der Waals surface area contributed by atoms with Gasteiger partial charge in [-0.15, -0.1) is 0 Å². The number of imidazole rings is 1. The molecular formula is C9H13N5S. The lowest BCUT2D eigenvalue weighted by molar-refractivity contribution is 0.979. The van der Waals surface area contributed by atoms with E-state index in [1.807, 2.05) is 13.1 Å². The molecule has 0 aliphatic heterocycles. The summed E-state index contributed by atoms with van der Waals surface area (Å²) in [5.41, 5.74) is 7.80. The van der Waals surface area contributed by atoms with Crippen molar-refractivity contribution in [3.63, 3.8) is 0 Å². The maximum absolute atomic E-state index is 5.65. The van der Waals surface area contributed by atoms with E-state index in [2.05, 4.69) is 19.7 Å². The Morgan fingerprint density at radius 1 is 1.60 bits per heavy atom. The zero-order valence-electron chi connectivity index (χ0n) is 8.45. The van der Waals surface area contributed by atoms with Crippen LogP contribution in [0.15, 0.2) is 12.5 Å². The topological polar surface area (TPSA) is 79.6 Å². The molecule has 0 spiro atoms. The molecule has 80 valence electrons. The highest BCUT2D eigenvalue weighted by Crippen LogP contribution is 2.24. The Bertz CT molecular complexity index is 420. The van der Waals surface area contributed by atoms with Crippen molar-refractivity contribution in [3.05, 3.63) is 23.8 Å². The maximum atomic E-state index is 5.65. The second-order valence-corrected chi connectivity index (χ2v) is 4.05. The lowest BCUT2D eigenvalue weighted by Crippen LogP contribution is -2.04. The maximum Gasteiger partial charge on any atom is 0.142 e. The molecule has 0 atom stereocenters. The first-order valence-corrected chi connectivity index (χ1v) is 5.47. The van der Waals surface area contributed by atoms with Crippen LogP contribution in [0.3, 0.4) is 0 Å². The van der Waals surface area contributed by atoms with Gasteiger partial charge in [-0.3, -0.25) is 0 Å². The van der Waals surface area contributed by atoms with Crippen molar-refractivity contribution in [3.8, 4) is 0 Å². The summed E-state index contributed by atoms with van der Waals surface area (Å²) in [4.78, 5) is 7.01. The van der Waals surface area contributed by atoms with Gasteiger partial charge in [0, 0.05) is 30.4 Å². The largest absolute Gasteiger partial charge is 0.383 e. The number of nitrogens with two attached hydrogens (primary N) is 1. The SMILES string of the molecule is Cc1c(N)nsc1NCCc1cnc[nH]1. The van der Waals surface area contributed by atoms with Gasteiger partial charge >= 0.3 is 0 Å². The number of hydrogen-bond acceptors (Lipinski definition) is 5. The van der Waals surface area contributed by atoms with E-state index in [4.69, 9.17) is 5.73 Å². The van der Waals surface area contributed by atoms with Gasteiger partial charge in [-0.05, 0) is 18.5 Å². The summed E-state index contributed by atoms with van der Waals surface area (Å²) in [6.45, 7) is 2.82. The number of aromatic nitrogens is 3. The fraction of sp³-hybridized carbons (Fsp3) is 0.333. The number of nitrogen functional groups attached to an aromatic ring is 1. The van der Waals surface area contributed by atoms with Crippen molar-refractivity contribution in [2.45, 2.75) is 13.3 Å². The second-order valence-electron chi connectivity index (χ2n) is 3.28. The van der Waals surface area contributed by atoms with Crippen molar-refractivity contribution in [2.24, 2.45) is 0 Å². The monoisotopic (exact) mass is 223 g/mol. The Morgan fingerprint density at radius 2 is 2.47 bits per heavy atom. The summed E-state index contributed by atoms with van der Waals surface area (Å²) in [5, 5.41) is 4.35. The van der Waals surface area contributed by atoms with Crippen molar-refractivity contribution < 1.29 is 0 Å². The average Bonchev–Trinajstić information content (AvgIpc) is 2.83. The van der Waals surface area contributed by atoms with E-state index in [1.165, 1.54) is 11.5 Å². The Hall–Kier alpha value is -1.56. The first-order chi connectivity index (χ1) is 7.27. The smallest absolute Gasteiger partial charge is 0.142 e. The summed E-state index contributed by atoms with van der Waals surface area (Å²) in [6, 6.07) is 0. The van der Waals surface area contributed by atoms with Crippen LogP contribution in [0.1, 0.15) is 11.3 Å². The third-order valence-corrected chi connectivity index (χ3v) is 3.12. The molecule has 6 heteroatoms. The quantitative estimate of drug-likeness (QED) is 0.732. The number of anilines is 2. The number of nitrogens with one attached hydrogen (secondary N) is 2. The predicted octanol–water partition coefficient (Wildman–Crippen LogP) is 1.41. The zero-order valence-corrected chi connectivity index (χ0v) is 9.27. The zero-order chi connectivity index (χ0) is 10.7. The first kappa shape index (κ1) is 9.97. The van der Waals surface area contributed by atoms with Gasteiger partial charge in [0.25, 0.3) is 0 Å². The molecule has 0 bridgehead atoms. The van der Waals surface area contributed by atoms with Crippen LogP contribution in [0.2, 0.25) is 0 Å². The van der Waals surface area contributed by atoms with E-state index < -0.39 is 0 Å². The average molecular weight is 223 g/mol. The summed E-state index contributed by atoms with van der Waals surface area (Å²) in [6.07, 6.45) is 4.43. The minimum atomic E-state index is 0.615. The Balaban J connectivity index is 1.86. The number of rotatable bonds is 4. The van der Waals surface area contributed by atoms with E-state index in [9.17, 15) is 0 Å². The lowest BCUT2D eigenvalue weighted by atomic mass is 10.3. The van der Waals surface area contributed by atoms with E-state index >= 15 is 0 Å². The van der Waals surface area contributed by atoms with Crippen LogP contribution >= 0.6 is 11.5 Å². The van der Waals surface area contributed by atoms with Crippen LogP contribution in [0.25, 0.3) is 0 Å². The molecule has 0 saturated heterocycles. The standard InChI is InChI=1S/C9H13N5S/c1-6-8(10)14-15-9(6)12-3-2-7-4-11-5-13-7/h4-5,12H,2-3H2,1H3,(H2,10,14)(H,11,13).